The summed E-state index contributed by atoms with van der Waals surface area (Å²) in [7, 11) is 0. The Morgan fingerprint density at radius 1 is 0.429 bits per heavy atom. The molecule has 0 aliphatic heterocycles. The molecule has 0 atom stereocenters. The van der Waals surface area contributed by atoms with Gasteiger partial charge < -0.3 is 9.47 Å². The standard InChI is InChI=1S/C26H46O2/c1-3-5-7-9-11-13-15-17-23-27-25-19-21-26(22-20-25)28-24-18-16-14-12-10-8-6-4-2/h19-22H,3-18,23-24H2,1-2H3. The molecule has 0 bridgehead atoms. The normalized spacial score (nSPS) is 10.9. The molecule has 1 aromatic carbocycles. The van der Waals surface area contributed by atoms with Gasteiger partial charge in [-0.05, 0) is 37.1 Å². The minimum atomic E-state index is 0.827. The Morgan fingerprint density at radius 3 is 1.04 bits per heavy atom. The van der Waals surface area contributed by atoms with E-state index in [1.165, 1.54) is 89.9 Å². The lowest BCUT2D eigenvalue weighted by molar-refractivity contribution is 0.296. The van der Waals surface area contributed by atoms with E-state index in [4.69, 9.17) is 9.47 Å². The van der Waals surface area contributed by atoms with E-state index >= 15 is 0 Å². The molecule has 0 heterocycles. The molecule has 1 aromatic rings. The Kier molecular flexibility index (Phi) is 17.0. The van der Waals surface area contributed by atoms with Crippen LogP contribution in [0.4, 0.5) is 0 Å². The molecular formula is C26H46O2. The number of benzene rings is 1. The second kappa shape index (κ2) is 19.2. The van der Waals surface area contributed by atoms with Gasteiger partial charge in [0.15, 0.2) is 0 Å². The van der Waals surface area contributed by atoms with Gasteiger partial charge in [0.05, 0.1) is 13.2 Å². The number of unbranched alkanes of at least 4 members (excludes halogenated alkanes) is 14. The van der Waals surface area contributed by atoms with Crippen molar-refractivity contribution in [2.45, 2.75) is 117 Å². The molecule has 1 rings (SSSR count). The van der Waals surface area contributed by atoms with Gasteiger partial charge in [0.2, 0.25) is 0 Å². The Bertz CT molecular complexity index is 386. The highest BCUT2D eigenvalue weighted by atomic mass is 16.5. The SMILES string of the molecule is CCCCCCCCCCOc1ccc(OCCCCCCCCCC)cc1. The van der Waals surface area contributed by atoms with Crippen LogP contribution in [-0.2, 0) is 0 Å². The van der Waals surface area contributed by atoms with Crippen molar-refractivity contribution >= 4 is 0 Å². The van der Waals surface area contributed by atoms with E-state index in [1.54, 1.807) is 0 Å². The van der Waals surface area contributed by atoms with E-state index in [9.17, 15) is 0 Å². The maximum atomic E-state index is 5.85. The van der Waals surface area contributed by atoms with Crippen LogP contribution in [0.2, 0.25) is 0 Å². The van der Waals surface area contributed by atoms with E-state index in [2.05, 4.69) is 13.8 Å². The van der Waals surface area contributed by atoms with Crippen LogP contribution in [-0.4, -0.2) is 13.2 Å². The second-order valence-corrected chi connectivity index (χ2v) is 8.12. The lowest BCUT2D eigenvalue weighted by atomic mass is 10.1. The van der Waals surface area contributed by atoms with Gasteiger partial charge in [0.1, 0.15) is 11.5 Å². The summed E-state index contributed by atoms with van der Waals surface area (Å²) >= 11 is 0. The summed E-state index contributed by atoms with van der Waals surface area (Å²) in [5.74, 6) is 1.92. The first kappa shape index (κ1) is 24.9. The molecule has 0 unspecified atom stereocenters. The summed E-state index contributed by atoms with van der Waals surface area (Å²) in [6.07, 6.45) is 21.4. The van der Waals surface area contributed by atoms with Gasteiger partial charge in [0, 0.05) is 0 Å². The third-order valence-corrected chi connectivity index (χ3v) is 5.36. The average molecular weight is 391 g/mol. The van der Waals surface area contributed by atoms with Gasteiger partial charge in [-0.2, -0.15) is 0 Å². The summed E-state index contributed by atoms with van der Waals surface area (Å²) in [5.41, 5.74) is 0. The zero-order valence-electron chi connectivity index (χ0n) is 18.9. The summed E-state index contributed by atoms with van der Waals surface area (Å²) in [6, 6.07) is 8.14. The van der Waals surface area contributed by atoms with E-state index in [0.717, 1.165) is 37.6 Å². The lowest BCUT2D eigenvalue weighted by Gasteiger charge is -2.09. The third kappa shape index (κ3) is 14.8. The van der Waals surface area contributed by atoms with Crippen LogP contribution in [0, 0.1) is 0 Å². The molecule has 28 heavy (non-hydrogen) atoms. The Balaban J connectivity index is 1.94. The van der Waals surface area contributed by atoms with Crippen molar-refractivity contribution < 1.29 is 9.47 Å². The van der Waals surface area contributed by atoms with Crippen molar-refractivity contribution in [3.8, 4) is 11.5 Å². The van der Waals surface area contributed by atoms with E-state index in [1.807, 2.05) is 24.3 Å². The Morgan fingerprint density at radius 2 is 0.714 bits per heavy atom. The Labute approximate surface area is 175 Å². The minimum absolute atomic E-state index is 0.827. The predicted octanol–water partition coefficient (Wildman–Crippen LogP) is 8.73. The van der Waals surface area contributed by atoms with Crippen LogP contribution in [0.1, 0.15) is 117 Å². The number of rotatable bonds is 20. The van der Waals surface area contributed by atoms with Crippen LogP contribution in [0.5, 0.6) is 11.5 Å². The molecule has 0 aromatic heterocycles. The molecule has 0 amide bonds. The minimum Gasteiger partial charge on any atom is -0.494 e. The fourth-order valence-corrected chi connectivity index (χ4v) is 3.48. The molecule has 0 N–H and O–H groups in total. The average Bonchev–Trinajstić information content (AvgIpc) is 2.72. The van der Waals surface area contributed by atoms with Gasteiger partial charge in [-0.1, -0.05) is 104 Å². The lowest BCUT2D eigenvalue weighted by Crippen LogP contribution is -1.99. The van der Waals surface area contributed by atoms with Crippen LogP contribution < -0.4 is 9.47 Å². The van der Waals surface area contributed by atoms with Crippen molar-refractivity contribution in [2.75, 3.05) is 13.2 Å². The van der Waals surface area contributed by atoms with Gasteiger partial charge in [-0.15, -0.1) is 0 Å². The predicted molar refractivity (Wildman–Crippen MR) is 123 cm³/mol. The van der Waals surface area contributed by atoms with Crippen LogP contribution in [0.3, 0.4) is 0 Å². The molecule has 0 aliphatic rings. The number of hydrogen-bond acceptors (Lipinski definition) is 2. The number of hydrogen-bond donors (Lipinski definition) is 0. The van der Waals surface area contributed by atoms with Crippen LogP contribution in [0.25, 0.3) is 0 Å². The summed E-state index contributed by atoms with van der Waals surface area (Å²) in [6.45, 7) is 6.20. The largest absolute Gasteiger partial charge is 0.494 e. The van der Waals surface area contributed by atoms with E-state index in [0.29, 0.717) is 0 Å². The fourth-order valence-electron chi connectivity index (χ4n) is 3.48. The highest BCUT2D eigenvalue weighted by molar-refractivity contribution is 5.31. The molecule has 0 saturated heterocycles. The Hall–Kier alpha value is -1.18. The van der Waals surface area contributed by atoms with Crippen molar-refractivity contribution in [2.24, 2.45) is 0 Å². The third-order valence-electron chi connectivity index (χ3n) is 5.36. The van der Waals surface area contributed by atoms with Gasteiger partial charge in [-0.3, -0.25) is 0 Å². The highest BCUT2D eigenvalue weighted by Gasteiger charge is 1.98. The monoisotopic (exact) mass is 390 g/mol. The molecule has 0 radical (unpaired) electrons. The first-order chi connectivity index (χ1) is 13.9. The first-order valence-electron chi connectivity index (χ1n) is 12.2. The fraction of sp³-hybridized carbons (Fsp3) is 0.769. The van der Waals surface area contributed by atoms with Gasteiger partial charge >= 0.3 is 0 Å². The van der Waals surface area contributed by atoms with Crippen molar-refractivity contribution in [3.05, 3.63) is 24.3 Å². The van der Waals surface area contributed by atoms with E-state index in [-0.39, 0.29) is 0 Å². The second-order valence-electron chi connectivity index (χ2n) is 8.12. The number of ether oxygens (including phenoxy) is 2. The quantitative estimate of drug-likeness (QED) is 0.207. The summed E-state index contributed by atoms with van der Waals surface area (Å²) in [4.78, 5) is 0. The van der Waals surface area contributed by atoms with Crippen molar-refractivity contribution in [1.82, 2.24) is 0 Å². The maximum absolute atomic E-state index is 5.85. The molecule has 2 nitrogen and oxygen atoms in total. The van der Waals surface area contributed by atoms with Gasteiger partial charge in [0.25, 0.3) is 0 Å². The molecular weight excluding hydrogens is 344 g/mol. The topological polar surface area (TPSA) is 18.5 Å². The zero-order valence-corrected chi connectivity index (χ0v) is 18.9. The highest BCUT2D eigenvalue weighted by Crippen LogP contribution is 2.19. The van der Waals surface area contributed by atoms with Crippen molar-refractivity contribution in [3.63, 3.8) is 0 Å². The molecule has 0 aliphatic carbocycles. The maximum Gasteiger partial charge on any atom is 0.119 e. The first-order valence-corrected chi connectivity index (χ1v) is 12.2. The van der Waals surface area contributed by atoms with Crippen LogP contribution in [0.15, 0.2) is 24.3 Å². The molecule has 0 saturated carbocycles. The molecule has 2 heteroatoms. The smallest absolute Gasteiger partial charge is 0.119 e. The molecule has 0 spiro atoms. The van der Waals surface area contributed by atoms with Crippen molar-refractivity contribution in [1.29, 1.82) is 0 Å². The zero-order chi connectivity index (χ0) is 20.1. The molecule has 0 fully saturated rings. The van der Waals surface area contributed by atoms with E-state index < -0.39 is 0 Å². The molecule has 162 valence electrons. The van der Waals surface area contributed by atoms with Crippen LogP contribution >= 0.6 is 0 Å². The van der Waals surface area contributed by atoms with Gasteiger partial charge in [-0.25, -0.2) is 0 Å². The summed E-state index contributed by atoms with van der Waals surface area (Å²) in [5, 5.41) is 0. The summed E-state index contributed by atoms with van der Waals surface area (Å²) < 4.78 is 11.7.